The van der Waals surface area contributed by atoms with Gasteiger partial charge in [-0.3, -0.25) is 0 Å². The minimum absolute atomic E-state index is 0.148. The summed E-state index contributed by atoms with van der Waals surface area (Å²) >= 11 is 0. The Labute approximate surface area is 72.5 Å². The van der Waals surface area contributed by atoms with Crippen LogP contribution < -0.4 is 5.73 Å². The first-order valence-electron chi connectivity index (χ1n) is 4.20. The van der Waals surface area contributed by atoms with Gasteiger partial charge in [0.25, 0.3) is 0 Å². The number of hydrogen-bond donors (Lipinski definition) is 1. The van der Waals surface area contributed by atoms with E-state index in [1.807, 2.05) is 12.1 Å². The van der Waals surface area contributed by atoms with Crippen molar-refractivity contribution in [3.05, 3.63) is 24.2 Å². The molecule has 3 heteroatoms. The van der Waals surface area contributed by atoms with Crippen LogP contribution >= 0.6 is 0 Å². The highest BCUT2D eigenvalue weighted by Crippen LogP contribution is 2.05. The Balaban J connectivity index is 2.25. The SMILES string of the molecule is CCC(CN)OCc1ccco1. The summed E-state index contributed by atoms with van der Waals surface area (Å²) in [4.78, 5) is 0. The first-order chi connectivity index (χ1) is 5.86. The molecule has 0 aliphatic rings. The lowest BCUT2D eigenvalue weighted by atomic mass is 10.3. The fraction of sp³-hybridized carbons (Fsp3) is 0.556. The summed E-state index contributed by atoms with van der Waals surface area (Å²) in [7, 11) is 0. The summed E-state index contributed by atoms with van der Waals surface area (Å²) in [5.74, 6) is 0.849. The maximum atomic E-state index is 5.47. The molecule has 1 rings (SSSR count). The topological polar surface area (TPSA) is 48.4 Å². The second-order valence-electron chi connectivity index (χ2n) is 2.66. The van der Waals surface area contributed by atoms with E-state index in [1.54, 1.807) is 6.26 Å². The van der Waals surface area contributed by atoms with E-state index < -0.39 is 0 Å². The largest absolute Gasteiger partial charge is 0.467 e. The zero-order chi connectivity index (χ0) is 8.81. The predicted molar refractivity (Wildman–Crippen MR) is 46.6 cm³/mol. The third-order valence-corrected chi connectivity index (χ3v) is 1.76. The van der Waals surface area contributed by atoms with Crippen LogP contribution in [0.5, 0.6) is 0 Å². The first-order valence-corrected chi connectivity index (χ1v) is 4.20. The lowest BCUT2D eigenvalue weighted by molar-refractivity contribution is 0.0343. The molecule has 0 aromatic carbocycles. The van der Waals surface area contributed by atoms with E-state index in [-0.39, 0.29) is 6.10 Å². The van der Waals surface area contributed by atoms with Crippen LogP contribution in [0.25, 0.3) is 0 Å². The molecule has 3 nitrogen and oxygen atoms in total. The number of rotatable bonds is 5. The van der Waals surface area contributed by atoms with Crippen LogP contribution in [0, 0.1) is 0 Å². The van der Waals surface area contributed by atoms with Gasteiger partial charge in [0.1, 0.15) is 12.4 Å². The molecule has 0 fully saturated rings. The Kier molecular flexibility index (Phi) is 3.84. The Hall–Kier alpha value is -0.800. The van der Waals surface area contributed by atoms with E-state index in [1.165, 1.54) is 0 Å². The number of hydrogen-bond acceptors (Lipinski definition) is 3. The van der Waals surface area contributed by atoms with Crippen molar-refractivity contribution in [2.75, 3.05) is 6.54 Å². The molecule has 0 radical (unpaired) electrons. The molecule has 1 unspecified atom stereocenters. The zero-order valence-electron chi connectivity index (χ0n) is 7.32. The molecule has 12 heavy (non-hydrogen) atoms. The van der Waals surface area contributed by atoms with Crippen molar-refractivity contribution >= 4 is 0 Å². The smallest absolute Gasteiger partial charge is 0.129 e. The molecule has 0 amide bonds. The van der Waals surface area contributed by atoms with Crippen molar-refractivity contribution in [3.63, 3.8) is 0 Å². The average molecular weight is 169 g/mol. The third kappa shape index (κ3) is 2.68. The summed E-state index contributed by atoms with van der Waals surface area (Å²) in [6.07, 6.45) is 2.73. The van der Waals surface area contributed by atoms with E-state index in [0.29, 0.717) is 13.2 Å². The van der Waals surface area contributed by atoms with Crippen LogP contribution in [0.1, 0.15) is 19.1 Å². The lowest BCUT2D eigenvalue weighted by Crippen LogP contribution is -2.22. The quantitative estimate of drug-likeness (QED) is 0.727. The van der Waals surface area contributed by atoms with Crippen LogP contribution in [0.3, 0.4) is 0 Å². The van der Waals surface area contributed by atoms with Crippen molar-refractivity contribution in [3.8, 4) is 0 Å². The maximum Gasteiger partial charge on any atom is 0.129 e. The summed E-state index contributed by atoms with van der Waals surface area (Å²) in [6.45, 7) is 3.14. The highest BCUT2D eigenvalue weighted by molar-refractivity contribution is 4.96. The van der Waals surface area contributed by atoms with Crippen molar-refractivity contribution in [2.24, 2.45) is 5.73 Å². The van der Waals surface area contributed by atoms with Gasteiger partial charge in [-0.2, -0.15) is 0 Å². The Morgan fingerprint density at radius 1 is 1.67 bits per heavy atom. The van der Waals surface area contributed by atoms with Gasteiger partial charge >= 0.3 is 0 Å². The molecule has 0 aliphatic carbocycles. The molecule has 2 N–H and O–H groups in total. The Morgan fingerprint density at radius 3 is 3.00 bits per heavy atom. The molecule has 1 atom stereocenters. The number of ether oxygens (including phenoxy) is 1. The van der Waals surface area contributed by atoms with Gasteiger partial charge in [-0.1, -0.05) is 6.92 Å². The second-order valence-corrected chi connectivity index (χ2v) is 2.66. The third-order valence-electron chi connectivity index (χ3n) is 1.76. The fourth-order valence-electron chi connectivity index (χ4n) is 0.947. The van der Waals surface area contributed by atoms with Gasteiger partial charge in [-0.25, -0.2) is 0 Å². The van der Waals surface area contributed by atoms with Gasteiger partial charge in [-0.15, -0.1) is 0 Å². The lowest BCUT2D eigenvalue weighted by Gasteiger charge is -2.11. The molecule has 0 bridgehead atoms. The van der Waals surface area contributed by atoms with E-state index in [9.17, 15) is 0 Å². The predicted octanol–water partition coefficient (Wildman–Crippen LogP) is 1.53. The molecular formula is C9H15NO2. The zero-order valence-corrected chi connectivity index (χ0v) is 7.32. The fourth-order valence-corrected chi connectivity index (χ4v) is 0.947. The van der Waals surface area contributed by atoms with Gasteiger partial charge in [0, 0.05) is 6.54 Å². The normalized spacial score (nSPS) is 13.2. The average Bonchev–Trinajstić information content (AvgIpc) is 2.59. The molecule has 1 heterocycles. The van der Waals surface area contributed by atoms with Gasteiger partial charge in [-0.05, 0) is 18.6 Å². The molecule has 0 spiro atoms. The summed E-state index contributed by atoms with van der Waals surface area (Å²) in [5, 5.41) is 0. The Bertz CT molecular complexity index is 192. The standard InChI is InChI=1S/C9H15NO2/c1-2-8(6-10)12-7-9-4-3-5-11-9/h3-5,8H,2,6-7,10H2,1H3. The van der Waals surface area contributed by atoms with E-state index in [2.05, 4.69) is 6.92 Å². The molecular weight excluding hydrogens is 154 g/mol. The van der Waals surface area contributed by atoms with Crippen LogP contribution in [0.15, 0.2) is 22.8 Å². The minimum atomic E-state index is 0.148. The highest BCUT2D eigenvalue weighted by atomic mass is 16.5. The van der Waals surface area contributed by atoms with Crippen LogP contribution in [0.2, 0.25) is 0 Å². The highest BCUT2D eigenvalue weighted by Gasteiger charge is 2.04. The molecule has 1 aromatic rings. The number of nitrogens with two attached hydrogens (primary N) is 1. The van der Waals surface area contributed by atoms with E-state index in [0.717, 1.165) is 12.2 Å². The monoisotopic (exact) mass is 169 g/mol. The number of furan rings is 1. The molecule has 68 valence electrons. The van der Waals surface area contributed by atoms with Crippen LogP contribution in [-0.4, -0.2) is 12.6 Å². The maximum absolute atomic E-state index is 5.47. The van der Waals surface area contributed by atoms with Gasteiger partial charge < -0.3 is 14.9 Å². The van der Waals surface area contributed by atoms with Crippen molar-refractivity contribution in [1.82, 2.24) is 0 Å². The second kappa shape index (κ2) is 4.95. The summed E-state index contributed by atoms with van der Waals surface area (Å²) in [5.41, 5.74) is 5.47. The Morgan fingerprint density at radius 2 is 2.50 bits per heavy atom. The molecule has 0 saturated heterocycles. The van der Waals surface area contributed by atoms with Crippen molar-refractivity contribution in [2.45, 2.75) is 26.1 Å². The van der Waals surface area contributed by atoms with E-state index >= 15 is 0 Å². The summed E-state index contributed by atoms with van der Waals surface area (Å²) in [6, 6.07) is 3.74. The van der Waals surface area contributed by atoms with Gasteiger partial charge in [0.05, 0.1) is 12.4 Å². The van der Waals surface area contributed by atoms with Gasteiger partial charge in [0.2, 0.25) is 0 Å². The molecule has 1 aromatic heterocycles. The van der Waals surface area contributed by atoms with Crippen LogP contribution in [-0.2, 0) is 11.3 Å². The van der Waals surface area contributed by atoms with Gasteiger partial charge in [0.15, 0.2) is 0 Å². The first kappa shape index (κ1) is 9.29. The molecule has 0 aliphatic heterocycles. The minimum Gasteiger partial charge on any atom is -0.467 e. The van der Waals surface area contributed by atoms with Crippen molar-refractivity contribution < 1.29 is 9.15 Å². The summed E-state index contributed by atoms with van der Waals surface area (Å²) < 4.78 is 10.6. The molecule has 0 saturated carbocycles. The van der Waals surface area contributed by atoms with E-state index in [4.69, 9.17) is 14.9 Å². The van der Waals surface area contributed by atoms with Crippen molar-refractivity contribution in [1.29, 1.82) is 0 Å². The van der Waals surface area contributed by atoms with Crippen LogP contribution in [0.4, 0.5) is 0 Å².